The Morgan fingerprint density at radius 3 is 2.13 bits per heavy atom. The molecular weight excluding hydrogens is 516 g/mol. The first-order valence-corrected chi connectivity index (χ1v) is 15.6. The Bertz CT molecular complexity index is 1310. The minimum absolute atomic E-state index is 0.177. The number of aromatic nitrogens is 1. The van der Waals surface area contributed by atoms with E-state index in [0.717, 1.165) is 29.6 Å². The molecule has 1 aromatic heterocycles. The molecule has 0 N–H and O–H groups in total. The van der Waals surface area contributed by atoms with Crippen LogP contribution in [0.25, 0.3) is 10.2 Å². The molecule has 1 heterocycles. The summed E-state index contributed by atoms with van der Waals surface area (Å²) in [6, 6.07) is 12.6. The van der Waals surface area contributed by atoms with Crippen molar-refractivity contribution in [1.82, 2.24) is 14.2 Å². The summed E-state index contributed by atoms with van der Waals surface area (Å²) < 4.78 is 29.4. The van der Waals surface area contributed by atoms with Gasteiger partial charge < -0.3 is 4.90 Å². The Hall–Kier alpha value is -2.33. The highest BCUT2D eigenvalue weighted by Crippen LogP contribution is 2.31. The fourth-order valence-electron chi connectivity index (χ4n) is 4.28. The van der Waals surface area contributed by atoms with E-state index in [2.05, 4.69) is 24.0 Å². The number of hydrogen-bond donors (Lipinski definition) is 0. The quantitative estimate of drug-likeness (QED) is 0.267. The van der Waals surface area contributed by atoms with Gasteiger partial charge in [-0.15, -0.1) is 0 Å². The van der Waals surface area contributed by atoms with Crippen molar-refractivity contribution in [3.05, 3.63) is 53.6 Å². The standard InChI is InChI=1S/C29H42N4O3S2/c1-8-23-10-15-26-27(18-23)37-29(30-26)33(17-9-16-31(6)7)28(34)24-11-13-25(14-12-24)38(35,36)32(19-21(2)3)20-22(4)5/h10-15,18,21-22H,8-9,16-17,19-20H2,1-7H3. The minimum atomic E-state index is -3.66. The van der Waals surface area contributed by atoms with E-state index >= 15 is 0 Å². The maximum absolute atomic E-state index is 13.7. The van der Waals surface area contributed by atoms with Gasteiger partial charge >= 0.3 is 0 Å². The van der Waals surface area contributed by atoms with Crippen LogP contribution >= 0.6 is 11.3 Å². The van der Waals surface area contributed by atoms with E-state index in [4.69, 9.17) is 4.98 Å². The summed E-state index contributed by atoms with van der Waals surface area (Å²) in [4.78, 5) is 22.5. The molecule has 38 heavy (non-hydrogen) atoms. The molecule has 0 aliphatic heterocycles. The predicted molar refractivity (Wildman–Crippen MR) is 159 cm³/mol. The summed E-state index contributed by atoms with van der Waals surface area (Å²) in [6.45, 7) is 12.5. The second-order valence-corrected chi connectivity index (χ2v) is 13.8. The van der Waals surface area contributed by atoms with Crippen LogP contribution in [-0.2, 0) is 16.4 Å². The third kappa shape index (κ3) is 7.62. The zero-order valence-corrected chi connectivity index (χ0v) is 25.4. The van der Waals surface area contributed by atoms with E-state index in [-0.39, 0.29) is 22.6 Å². The molecule has 0 saturated carbocycles. The van der Waals surface area contributed by atoms with Gasteiger partial charge in [-0.2, -0.15) is 4.31 Å². The Kier molecular flexibility index (Phi) is 10.5. The Morgan fingerprint density at radius 1 is 0.947 bits per heavy atom. The maximum atomic E-state index is 13.7. The molecule has 3 aromatic rings. The predicted octanol–water partition coefficient (Wildman–Crippen LogP) is 5.76. The molecule has 0 atom stereocenters. The van der Waals surface area contributed by atoms with Gasteiger partial charge in [-0.1, -0.05) is 52.0 Å². The number of nitrogens with zero attached hydrogens (tertiary/aromatic N) is 4. The molecular formula is C29H42N4O3S2. The van der Waals surface area contributed by atoms with Crippen molar-refractivity contribution in [2.45, 2.75) is 52.4 Å². The number of carbonyl (C=O) groups excluding carboxylic acids is 1. The number of carbonyl (C=O) groups is 1. The molecule has 1 amide bonds. The van der Waals surface area contributed by atoms with E-state index in [1.165, 1.54) is 16.9 Å². The number of sulfonamides is 1. The molecule has 9 heteroatoms. The number of anilines is 1. The van der Waals surface area contributed by atoms with Crippen molar-refractivity contribution in [2.75, 3.05) is 45.2 Å². The highest BCUT2D eigenvalue weighted by Gasteiger charge is 2.27. The van der Waals surface area contributed by atoms with Gasteiger partial charge in [0.15, 0.2) is 5.13 Å². The Morgan fingerprint density at radius 2 is 1.58 bits per heavy atom. The molecule has 0 saturated heterocycles. The first kappa shape index (κ1) is 30.2. The lowest BCUT2D eigenvalue weighted by molar-refractivity contribution is 0.0986. The summed E-state index contributed by atoms with van der Waals surface area (Å²) in [5.74, 6) is 0.244. The van der Waals surface area contributed by atoms with Crippen molar-refractivity contribution in [2.24, 2.45) is 11.8 Å². The second-order valence-electron chi connectivity index (χ2n) is 10.9. The minimum Gasteiger partial charge on any atom is -0.309 e. The van der Waals surface area contributed by atoms with Gasteiger partial charge in [0.25, 0.3) is 5.91 Å². The molecule has 2 aromatic carbocycles. The first-order valence-electron chi connectivity index (χ1n) is 13.4. The highest BCUT2D eigenvalue weighted by molar-refractivity contribution is 7.89. The summed E-state index contributed by atoms with van der Waals surface area (Å²) in [6.07, 6.45) is 1.73. The second kappa shape index (κ2) is 13.2. The van der Waals surface area contributed by atoms with Crippen LogP contribution in [0.3, 0.4) is 0 Å². The number of hydrogen-bond acceptors (Lipinski definition) is 6. The Balaban J connectivity index is 1.91. The van der Waals surface area contributed by atoms with Gasteiger partial charge in [0.05, 0.1) is 15.1 Å². The molecule has 0 bridgehead atoms. The van der Waals surface area contributed by atoms with E-state index in [1.54, 1.807) is 33.5 Å². The smallest absolute Gasteiger partial charge is 0.260 e. The SMILES string of the molecule is CCc1ccc2nc(N(CCCN(C)C)C(=O)c3ccc(S(=O)(=O)N(CC(C)C)CC(C)C)cc3)sc2c1. The zero-order valence-electron chi connectivity index (χ0n) is 23.8. The molecule has 0 spiro atoms. The van der Waals surface area contributed by atoms with Crippen LogP contribution in [0.4, 0.5) is 5.13 Å². The van der Waals surface area contributed by atoms with E-state index in [1.807, 2.05) is 47.9 Å². The number of aryl methyl sites for hydroxylation is 1. The van der Waals surface area contributed by atoms with Gasteiger partial charge in [0.1, 0.15) is 0 Å². The third-order valence-corrected chi connectivity index (χ3v) is 9.08. The number of thiazole rings is 1. The average Bonchev–Trinajstić information content (AvgIpc) is 3.28. The monoisotopic (exact) mass is 558 g/mol. The third-order valence-electron chi connectivity index (χ3n) is 6.19. The molecule has 0 fully saturated rings. The first-order chi connectivity index (χ1) is 17.9. The van der Waals surface area contributed by atoms with Crippen molar-refractivity contribution in [1.29, 1.82) is 0 Å². The molecule has 0 unspecified atom stereocenters. The normalized spacial score (nSPS) is 12.4. The van der Waals surface area contributed by atoms with Crippen LogP contribution in [-0.4, -0.2) is 68.8 Å². The number of fused-ring (bicyclic) bond motifs is 1. The fraction of sp³-hybridized carbons (Fsp3) is 0.517. The molecule has 0 aliphatic carbocycles. The van der Waals surface area contributed by atoms with Gasteiger partial charge in [-0.05, 0) is 87.3 Å². The van der Waals surface area contributed by atoms with Crippen LogP contribution < -0.4 is 4.90 Å². The summed E-state index contributed by atoms with van der Waals surface area (Å²) in [7, 11) is 0.361. The lowest BCUT2D eigenvalue weighted by Gasteiger charge is -2.26. The van der Waals surface area contributed by atoms with Crippen LogP contribution in [0.1, 0.15) is 57.0 Å². The summed E-state index contributed by atoms with van der Waals surface area (Å²) in [5.41, 5.74) is 2.56. The van der Waals surface area contributed by atoms with Crippen molar-refractivity contribution in [3.8, 4) is 0 Å². The van der Waals surface area contributed by atoms with Crippen molar-refractivity contribution < 1.29 is 13.2 Å². The highest BCUT2D eigenvalue weighted by atomic mass is 32.2. The number of amides is 1. The number of rotatable bonds is 13. The number of benzene rings is 2. The maximum Gasteiger partial charge on any atom is 0.260 e. The molecule has 0 radical (unpaired) electrons. The summed E-state index contributed by atoms with van der Waals surface area (Å²) in [5, 5.41) is 0.661. The Labute approximate surface area is 232 Å². The van der Waals surface area contributed by atoms with Crippen LogP contribution in [0, 0.1) is 11.8 Å². The van der Waals surface area contributed by atoms with Crippen LogP contribution in [0.5, 0.6) is 0 Å². The lowest BCUT2D eigenvalue weighted by atomic mass is 10.2. The average molecular weight is 559 g/mol. The zero-order chi connectivity index (χ0) is 28.0. The fourth-order valence-corrected chi connectivity index (χ4v) is 7.10. The molecule has 3 rings (SSSR count). The molecule has 208 valence electrons. The topological polar surface area (TPSA) is 73.8 Å². The van der Waals surface area contributed by atoms with Gasteiger partial charge in [-0.3, -0.25) is 9.69 Å². The largest absolute Gasteiger partial charge is 0.309 e. The van der Waals surface area contributed by atoms with Crippen molar-refractivity contribution in [3.63, 3.8) is 0 Å². The van der Waals surface area contributed by atoms with E-state index < -0.39 is 10.0 Å². The molecule has 0 aliphatic rings. The van der Waals surface area contributed by atoms with E-state index in [0.29, 0.717) is 30.3 Å². The van der Waals surface area contributed by atoms with Crippen LogP contribution in [0.2, 0.25) is 0 Å². The lowest BCUT2D eigenvalue weighted by Crippen LogP contribution is -2.37. The van der Waals surface area contributed by atoms with Gasteiger partial charge in [-0.25, -0.2) is 13.4 Å². The molecule has 7 nitrogen and oxygen atoms in total. The van der Waals surface area contributed by atoms with Crippen LogP contribution in [0.15, 0.2) is 47.4 Å². The summed E-state index contributed by atoms with van der Waals surface area (Å²) >= 11 is 1.52. The van der Waals surface area contributed by atoms with E-state index in [9.17, 15) is 13.2 Å². The van der Waals surface area contributed by atoms with Crippen molar-refractivity contribution >= 4 is 42.6 Å². The van der Waals surface area contributed by atoms with Gasteiger partial charge in [0, 0.05) is 25.2 Å². The van der Waals surface area contributed by atoms with Gasteiger partial charge in [0.2, 0.25) is 10.0 Å².